The van der Waals surface area contributed by atoms with E-state index in [1.807, 2.05) is 18.2 Å². The highest BCUT2D eigenvalue weighted by Crippen LogP contribution is 2.19. The van der Waals surface area contributed by atoms with Crippen molar-refractivity contribution in [3.63, 3.8) is 0 Å². The van der Waals surface area contributed by atoms with Gasteiger partial charge in [0.15, 0.2) is 0 Å². The first-order valence-corrected chi connectivity index (χ1v) is 14.1. The van der Waals surface area contributed by atoms with Crippen LogP contribution >= 0.6 is 24.0 Å². The van der Waals surface area contributed by atoms with Gasteiger partial charge in [0, 0.05) is 0 Å². The predicted octanol–water partition coefficient (Wildman–Crippen LogP) is 9.37. The molecule has 3 rings (SSSR count). The molecule has 0 unspecified atom stereocenters. The third-order valence-corrected chi connectivity index (χ3v) is 6.89. The molecule has 192 valence electrons. The van der Waals surface area contributed by atoms with Gasteiger partial charge in [0.1, 0.15) is 0 Å². The van der Waals surface area contributed by atoms with Gasteiger partial charge in [0.25, 0.3) is 10.1 Å². The van der Waals surface area contributed by atoms with E-state index < -0.39 is 10.1 Å². The van der Waals surface area contributed by atoms with Crippen molar-refractivity contribution in [2.24, 2.45) is 0 Å². The summed E-state index contributed by atoms with van der Waals surface area (Å²) >= 11 is 0. The zero-order valence-electron chi connectivity index (χ0n) is 20.9. The number of unbranched alkanes of at least 4 members (excludes halogenated alkanes) is 9. The van der Waals surface area contributed by atoms with E-state index in [4.69, 9.17) is 0 Å². The summed E-state index contributed by atoms with van der Waals surface area (Å²) in [6.45, 7) is 2.24. The van der Waals surface area contributed by atoms with E-state index in [1.54, 1.807) is 12.1 Å². The van der Waals surface area contributed by atoms with Gasteiger partial charge in [-0.3, -0.25) is 4.55 Å². The first kappa shape index (κ1) is 31.3. The topological polar surface area (TPSA) is 54.4 Å². The molecular formula is C30H41IO3S. The number of benzene rings is 3. The van der Waals surface area contributed by atoms with Gasteiger partial charge in [-0.05, 0) is 35.6 Å². The van der Waals surface area contributed by atoms with E-state index in [-0.39, 0.29) is 28.9 Å². The van der Waals surface area contributed by atoms with Gasteiger partial charge in [0.05, 0.1) is 4.90 Å². The van der Waals surface area contributed by atoms with Crippen LogP contribution < -0.4 is 0 Å². The second-order valence-electron chi connectivity index (χ2n) is 8.75. The number of halogens is 1. The fraction of sp³-hybridized carbons (Fsp3) is 0.400. The van der Waals surface area contributed by atoms with Gasteiger partial charge in [0.2, 0.25) is 0 Å². The van der Waals surface area contributed by atoms with Crippen LogP contribution in [0.1, 0.15) is 76.7 Å². The van der Waals surface area contributed by atoms with E-state index in [0.717, 1.165) is 18.4 Å². The highest BCUT2D eigenvalue weighted by molar-refractivity contribution is 14.0. The van der Waals surface area contributed by atoms with Crippen molar-refractivity contribution in [3.05, 3.63) is 90.5 Å². The standard InChI is InChI=1S/C18H30O3S.C12H10.HI/c1-2-3-4-5-6-7-8-9-10-11-14-17-15-12-13-16-18(17)22(19,20)21;1-3-7-11(8-4-1)12-9-5-2-6-10-12;/h12-13,15-16H,2-11,14H2,1H3,(H,19,20,21);1-10H;1H. The summed E-state index contributed by atoms with van der Waals surface area (Å²) in [5.74, 6) is 0. The molecule has 3 aromatic carbocycles. The molecule has 0 heterocycles. The lowest BCUT2D eigenvalue weighted by atomic mass is 10.0. The van der Waals surface area contributed by atoms with Gasteiger partial charge < -0.3 is 0 Å². The van der Waals surface area contributed by atoms with Crippen LogP contribution in [0, 0.1) is 0 Å². The summed E-state index contributed by atoms with van der Waals surface area (Å²) in [6, 6.07) is 27.5. The molecule has 0 aliphatic carbocycles. The maximum absolute atomic E-state index is 11.3. The Hall–Kier alpha value is -1.70. The second kappa shape index (κ2) is 18.6. The zero-order chi connectivity index (χ0) is 24.5. The molecule has 3 aromatic rings. The fourth-order valence-corrected chi connectivity index (χ4v) is 4.78. The quantitative estimate of drug-likeness (QED) is 0.120. The minimum absolute atomic E-state index is 0. The van der Waals surface area contributed by atoms with Gasteiger partial charge in [-0.1, -0.05) is 144 Å². The Morgan fingerprint density at radius 2 is 0.971 bits per heavy atom. The summed E-state index contributed by atoms with van der Waals surface area (Å²) in [5, 5.41) is 0. The average Bonchev–Trinajstić information content (AvgIpc) is 2.86. The first-order chi connectivity index (χ1) is 16.5. The molecule has 0 fully saturated rings. The van der Waals surface area contributed by atoms with Crippen molar-refractivity contribution in [1.29, 1.82) is 0 Å². The van der Waals surface area contributed by atoms with Crippen molar-refractivity contribution >= 4 is 34.1 Å². The summed E-state index contributed by atoms with van der Waals surface area (Å²) in [4.78, 5) is 0.0610. The molecule has 0 radical (unpaired) electrons. The Kier molecular flexibility index (Phi) is 16.6. The highest BCUT2D eigenvalue weighted by atomic mass is 127. The number of hydrogen-bond acceptors (Lipinski definition) is 2. The van der Waals surface area contributed by atoms with E-state index in [9.17, 15) is 13.0 Å². The smallest absolute Gasteiger partial charge is 0.282 e. The summed E-state index contributed by atoms with van der Waals surface area (Å²) in [5.41, 5.74) is 3.28. The van der Waals surface area contributed by atoms with E-state index >= 15 is 0 Å². The predicted molar refractivity (Wildman–Crippen MR) is 159 cm³/mol. The molecule has 0 aromatic heterocycles. The number of aryl methyl sites for hydroxylation is 1. The Bertz CT molecular complexity index is 984. The van der Waals surface area contributed by atoms with Crippen molar-refractivity contribution < 1.29 is 13.0 Å². The van der Waals surface area contributed by atoms with Crippen LogP contribution in [0.25, 0.3) is 11.1 Å². The molecule has 0 spiro atoms. The molecule has 5 heteroatoms. The number of hydrogen-bond donors (Lipinski definition) is 1. The van der Waals surface area contributed by atoms with Gasteiger partial charge in [-0.15, -0.1) is 24.0 Å². The van der Waals surface area contributed by atoms with Gasteiger partial charge >= 0.3 is 0 Å². The second-order valence-corrected chi connectivity index (χ2v) is 10.1. The van der Waals surface area contributed by atoms with Crippen LogP contribution in [0.15, 0.2) is 89.8 Å². The Morgan fingerprint density at radius 3 is 1.43 bits per heavy atom. The molecule has 0 saturated carbocycles. The van der Waals surface area contributed by atoms with Crippen LogP contribution in [0.5, 0.6) is 0 Å². The first-order valence-electron chi connectivity index (χ1n) is 12.7. The fourth-order valence-electron chi connectivity index (χ4n) is 4.03. The lowest BCUT2D eigenvalue weighted by Gasteiger charge is -2.07. The van der Waals surface area contributed by atoms with Gasteiger partial charge in [-0.25, -0.2) is 0 Å². The molecule has 0 atom stereocenters. The Morgan fingerprint density at radius 1 is 0.571 bits per heavy atom. The average molecular weight is 609 g/mol. The summed E-state index contributed by atoms with van der Waals surface area (Å²) in [7, 11) is -4.10. The van der Waals surface area contributed by atoms with Gasteiger partial charge in [-0.2, -0.15) is 8.42 Å². The molecule has 0 amide bonds. The maximum Gasteiger partial charge on any atom is 0.294 e. The molecule has 0 aliphatic heterocycles. The largest absolute Gasteiger partial charge is 0.294 e. The zero-order valence-corrected chi connectivity index (χ0v) is 24.1. The monoisotopic (exact) mass is 608 g/mol. The van der Waals surface area contributed by atoms with Crippen LogP contribution in [-0.4, -0.2) is 13.0 Å². The van der Waals surface area contributed by atoms with Crippen LogP contribution in [0.2, 0.25) is 0 Å². The Labute approximate surface area is 230 Å². The molecule has 3 nitrogen and oxygen atoms in total. The molecule has 0 aliphatic rings. The van der Waals surface area contributed by atoms with Crippen LogP contribution in [0.3, 0.4) is 0 Å². The lowest BCUT2D eigenvalue weighted by molar-refractivity contribution is 0.481. The lowest BCUT2D eigenvalue weighted by Crippen LogP contribution is -2.03. The summed E-state index contributed by atoms with van der Waals surface area (Å²) < 4.78 is 31.8. The van der Waals surface area contributed by atoms with Crippen molar-refractivity contribution in [2.45, 2.75) is 82.4 Å². The van der Waals surface area contributed by atoms with Crippen LogP contribution in [-0.2, 0) is 16.5 Å². The molecule has 0 bridgehead atoms. The molecule has 35 heavy (non-hydrogen) atoms. The minimum Gasteiger partial charge on any atom is -0.282 e. The summed E-state index contributed by atoms with van der Waals surface area (Å²) in [6.07, 6.45) is 13.3. The molecule has 1 N–H and O–H groups in total. The van der Waals surface area contributed by atoms with Crippen LogP contribution in [0.4, 0.5) is 0 Å². The third kappa shape index (κ3) is 13.3. The van der Waals surface area contributed by atoms with E-state index in [2.05, 4.69) is 55.5 Å². The van der Waals surface area contributed by atoms with Crippen molar-refractivity contribution in [2.75, 3.05) is 0 Å². The highest BCUT2D eigenvalue weighted by Gasteiger charge is 2.13. The SMILES string of the molecule is CCCCCCCCCCCCc1ccccc1S(=O)(=O)O.I.c1ccc(-c2ccccc2)cc1. The van der Waals surface area contributed by atoms with E-state index in [0.29, 0.717) is 6.42 Å². The Balaban J connectivity index is 0.000000395. The molecule has 0 saturated heterocycles. The normalized spacial score (nSPS) is 10.7. The third-order valence-electron chi connectivity index (χ3n) is 5.93. The van der Waals surface area contributed by atoms with Crippen molar-refractivity contribution in [3.8, 4) is 11.1 Å². The van der Waals surface area contributed by atoms with E-state index in [1.165, 1.54) is 68.6 Å². The minimum atomic E-state index is -4.10. The maximum atomic E-state index is 11.3. The molecular weight excluding hydrogens is 567 g/mol. The van der Waals surface area contributed by atoms with Crippen molar-refractivity contribution in [1.82, 2.24) is 0 Å². The number of rotatable bonds is 13.